The fourth-order valence-corrected chi connectivity index (χ4v) is 3.98. The SMILES string of the molecule is CCCCCCCCCCCn1c(C(C)NC(=O)C2CC2)nc2ccccc21. The van der Waals surface area contributed by atoms with Gasteiger partial charge < -0.3 is 9.88 Å². The molecule has 2 aromatic rings. The lowest BCUT2D eigenvalue weighted by molar-refractivity contribution is -0.123. The molecular weight excluding hydrogens is 346 g/mol. The van der Waals surface area contributed by atoms with Gasteiger partial charge in [0.1, 0.15) is 5.82 Å². The lowest BCUT2D eigenvalue weighted by Gasteiger charge is -2.16. The number of amides is 1. The molecule has 0 radical (unpaired) electrons. The zero-order valence-electron chi connectivity index (χ0n) is 17.8. The predicted octanol–water partition coefficient (Wildman–Crippen LogP) is 6.15. The van der Waals surface area contributed by atoms with Crippen molar-refractivity contribution < 1.29 is 4.79 Å². The van der Waals surface area contributed by atoms with E-state index in [1.807, 2.05) is 6.07 Å². The Kier molecular flexibility index (Phi) is 7.93. The van der Waals surface area contributed by atoms with Crippen molar-refractivity contribution >= 4 is 16.9 Å². The average molecular weight is 384 g/mol. The van der Waals surface area contributed by atoms with E-state index in [1.54, 1.807) is 0 Å². The maximum Gasteiger partial charge on any atom is 0.223 e. The molecule has 154 valence electrons. The molecule has 1 saturated carbocycles. The normalized spacial score (nSPS) is 15.1. The highest BCUT2D eigenvalue weighted by Crippen LogP contribution is 2.30. The quantitative estimate of drug-likeness (QED) is 0.421. The highest BCUT2D eigenvalue weighted by Gasteiger charge is 2.31. The van der Waals surface area contributed by atoms with Crippen LogP contribution in [0.1, 0.15) is 96.3 Å². The smallest absolute Gasteiger partial charge is 0.223 e. The topological polar surface area (TPSA) is 46.9 Å². The lowest BCUT2D eigenvalue weighted by atomic mass is 10.1. The molecule has 1 N–H and O–H groups in total. The number of hydrogen-bond acceptors (Lipinski definition) is 2. The van der Waals surface area contributed by atoms with Crippen LogP contribution in [0.25, 0.3) is 11.0 Å². The standard InChI is InChI=1S/C24H37N3O/c1-3-4-5-6-7-8-9-10-13-18-27-22-15-12-11-14-21(22)26-23(27)19(2)25-24(28)20-16-17-20/h11-12,14-15,19-20H,3-10,13,16-18H2,1-2H3,(H,25,28). The second-order valence-electron chi connectivity index (χ2n) is 8.44. The Labute approximate surface area is 170 Å². The van der Waals surface area contributed by atoms with Crippen molar-refractivity contribution in [1.82, 2.24) is 14.9 Å². The second-order valence-corrected chi connectivity index (χ2v) is 8.44. The van der Waals surface area contributed by atoms with Gasteiger partial charge in [0.2, 0.25) is 5.91 Å². The third-order valence-corrected chi connectivity index (χ3v) is 5.86. The Morgan fingerprint density at radius 3 is 2.39 bits per heavy atom. The fraction of sp³-hybridized carbons (Fsp3) is 0.667. The van der Waals surface area contributed by atoms with Crippen LogP contribution in [-0.2, 0) is 11.3 Å². The minimum absolute atomic E-state index is 0.0425. The number of aromatic nitrogens is 2. The summed E-state index contributed by atoms with van der Waals surface area (Å²) in [4.78, 5) is 17.0. The molecule has 1 heterocycles. The van der Waals surface area contributed by atoms with Crippen molar-refractivity contribution in [2.75, 3.05) is 0 Å². The van der Waals surface area contributed by atoms with E-state index in [0.717, 1.165) is 30.7 Å². The molecule has 0 spiro atoms. The van der Waals surface area contributed by atoms with Crippen molar-refractivity contribution in [2.24, 2.45) is 5.92 Å². The van der Waals surface area contributed by atoms with Gasteiger partial charge in [0, 0.05) is 12.5 Å². The van der Waals surface area contributed by atoms with E-state index in [-0.39, 0.29) is 17.9 Å². The summed E-state index contributed by atoms with van der Waals surface area (Å²) in [7, 11) is 0. The molecule has 1 aliphatic carbocycles. The Bertz CT molecular complexity index is 747. The van der Waals surface area contributed by atoms with Crippen molar-refractivity contribution in [3.8, 4) is 0 Å². The van der Waals surface area contributed by atoms with Crippen LogP contribution in [0.15, 0.2) is 24.3 Å². The van der Waals surface area contributed by atoms with Gasteiger partial charge in [-0.3, -0.25) is 4.79 Å². The van der Waals surface area contributed by atoms with E-state index < -0.39 is 0 Å². The largest absolute Gasteiger partial charge is 0.346 e. The molecule has 28 heavy (non-hydrogen) atoms. The number of carbonyl (C=O) groups is 1. The van der Waals surface area contributed by atoms with Crippen LogP contribution < -0.4 is 5.32 Å². The number of para-hydroxylation sites is 2. The maximum absolute atomic E-state index is 12.2. The fourth-order valence-electron chi connectivity index (χ4n) is 3.98. The zero-order valence-corrected chi connectivity index (χ0v) is 17.8. The molecule has 1 aromatic carbocycles. The lowest BCUT2D eigenvalue weighted by Crippen LogP contribution is -2.29. The van der Waals surface area contributed by atoms with Crippen molar-refractivity contribution in [1.29, 1.82) is 0 Å². The van der Waals surface area contributed by atoms with Gasteiger partial charge in [0.25, 0.3) is 0 Å². The van der Waals surface area contributed by atoms with Crippen molar-refractivity contribution in [3.05, 3.63) is 30.1 Å². The minimum atomic E-state index is -0.0425. The summed E-state index contributed by atoms with van der Waals surface area (Å²) in [6.07, 6.45) is 14.1. The van der Waals surface area contributed by atoms with Gasteiger partial charge in [-0.15, -0.1) is 0 Å². The van der Waals surface area contributed by atoms with Crippen LogP contribution in [0.3, 0.4) is 0 Å². The molecule has 0 saturated heterocycles. The first-order valence-corrected chi connectivity index (χ1v) is 11.5. The third-order valence-electron chi connectivity index (χ3n) is 5.86. The summed E-state index contributed by atoms with van der Waals surface area (Å²) in [5, 5.41) is 3.17. The molecule has 0 aliphatic heterocycles. The van der Waals surface area contributed by atoms with Gasteiger partial charge in [0.15, 0.2) is 0 Å². The molecule has 1 aromatic heterocycles. The number of carbonyl (C=O) groups excluding carboxylic acids is 1. The monoisotopic (exact) mass is 383 g/mol. The Balaban J connectivity index is 1.53. The number of imidazole rings is 1. The first-order valence-electron chi connectivity index (χ1n) is 11.5. The number of hydrogen-bond donors (Lipinski definition) is 1. The van der Waals surface area contributed by atoms with E-state index >= 15 is 0 Å². The predicted molar refractivity (Wildman–Crippen MR) is 116 cm³/mol. The summed E-state index contributed by atoms with van der Waals surface area (Å²) in [5.74, 6) is 1.42. The summed E-state index contributed by atoms with van der Waals surface area (Å²) >= 11 is 0. The first-order chi connectivity index (χ1) is 13.7. The molecule has 3 rings (SSSR count). The summed E-state index contributed by atoms with van der Waals surface area (Å²) in [6, 6.07) is 8.29. The summed E-state index contributed by atoms with van der Waals surface area (Å²) in [5.41, 5.74) is 2.21. The molecule has 1 fully saturated rings. The van der Waals surface area contributed by atoms with Gasteiger partial charge in [0.05, 0.1) is 17.1 Å². The number of unbranched alkanes of at least 4 members (excludes halogenated alkanes) is 8. The van der Waals surface area contributed by atoms with E-state index in [9.17, 15) is 4.79 Å². The van der Waals surface area contributed by atoms with E-state index in [0.29, 0.717) is 0 Å². The summed E-state index contributed by atoms with van der Waals surface area (Å²) < 4.78 is 2.33. The number of nitrogens with one attached hydrogen (secondary N) is 1. The molecule has 4 nitrogen and oxygen atoms in total. The highest BCUT2D eigenvalue weighted by atomic mass is 16.2. The molecule has 4 heteroatoms. The Hall–Kier alpha value is -1.84. The number of fused-ring (bicyclic) bond motifs is 1. The van der Waals surface area contributed by atoms with E-state index in [2.05, 4.69) is 41.9 Å². The van der Waals surface area contributed by atoms with Gasteiger partial charge in [-0.25, -0.2) is 4.98 Å². The molecule has 0 bridgehead atoms. The highest BCUT2D eigenvalue weighted by molar-refractivity contribution is 5.81. The van der Waals surface area contributed by atoms with E-state index in [1.165, 1.54) is 63.3 Å². The van der Waals surface area contributed by atoms with Gasteiger partial charge in [-0.1, -0.05) is 70.4 Å². The summed E-state index contributed by atoms with van der Waals surface area (Å²) in [6.45, 7) is 5.32. The van der Waals surface area contributed by atoms with Crippen molar-refractivity contribution in [2.45, 2.75) is 97.1 Å². The van der Waals surface area contributed by atoms with E-state index in [4.69, 9.17) is 4.98 Å². The number of aryl methyl sites for hydroxylation is 1. The Morgan fingerprint density at radius 1 is 1.07 bits per heavy atom. The van der Waals surface area contributed by atoms with Crippen LogP contribution in [0.4, 0.5) is 0 Å². The Morgan fingerprint density at radius 2 is 1.71 bits per heavy atom. The molecule has 1 amide bonds. The second kappa shape index (κ2) is 10.6. The molecule has 1 unspecified atom stereocenters. The zero-order chi connectivity index (χ0) is 19.8. The van der Waals surface area contributed by atoms with Gasteiger partial charge in [-0.05, 0) is 38.3 Å². The molecule has 1 aliphatic rings. The van der Waals surface area contributed by atoms with Crippen LogP contribution in [0.2, 0.25) is 0 Å². The first kappa shape index (κ1) is 20.9. The number of benzene rings is 1. The minimum Gasteiger partial charge on any atom is -0.346 e. The third kappa shape index (κ3) is 5.83. The van der Waals surface area contributed by atoms with Gasteiger partial charge in [-0.2, -0.15) is 0 Å². The van der Waals surface area contributed by atoms with Crippen LogP contribution in [-0.4, -0.2) is 15.5 Å². The van der Waals surface area contributed by atoms with Crippen molar-refractivity contribution in [3.63, 3.8) is 0 Å². The number of nitrogens with zero attached hydrogens (tertiary/aromatic N) is 2. The van der Waals surface area contributed by atoms with Gasteiger partial charge >= 0.3 is 0 Å². The average Bonchev–Trinajstić information content (AvgIpc) is 3.48. The number of rotatable bonds is 13. The van der Waals surface area contributed by atoms with Crippen LogP contribution in [0, 0.1) is 5.92 Å². The van der Waals surface area contributed by atoms with Crippen LogP contribution >= 0.6 is 0 Å². The molecular formula is C24H37N3O. The maximum atomic E-state index is 12.2. The van der Waals surface area contributed by atoms with Crippen LogP contribution in [0.5, 0.6) is 0 Å². The molecule has 1 atom stereocenters.